The Morgan fingerprint density at radius 2 is 1.83 bits per heavy atom. The maximum atomic E-state index is 12.0. The van der Waals surface area contributed by atoms with Crippen molar-refractivity contribution >= 4 is 11.9 Å². The maximum absolute atomic E-state index is 12.0. The number of esters is 1. The molecule has 0 amide bonds. The highest BCUT2D eigenvalue weighted by atomic mass is 16.5. The van der Waals surface area contributed by atoms with Crippen molar-refractivity contribution in [2.45, 2.75) is 64.9 Å². The van der Waals surface area contributed by atoms with Crippen molar-refractivity contribution in [1.82, 2.24) is 0 Å². The highest BCUT2D eigenvalue weighted by Crippen LogP contribution is 2.29. The highest BCUT2D eigenvalue weighted by Gasteiger charge is 2.33. The van der Waals surface area contributed by atoms with Crippen molar-refractivity contribution in [3.05, 3.63) is 0 Å². The molecular formula is C14H24O4. The Hall–Kier alpha value is -1.06. The van der Waals surface area contributed by atoms with E-state index in [1.807, 2.05) is 0 Å². The quantitative estimate of drug-likeness (QED) is 0.711. The number of hydrogen-bond donors (Lipinski definition) is 1. The second kappa shape index (κ2) is 7.39. The number of aliphatic carboxylic acids is 1. The fourth-order valence-electron chi connectivity index (χ4n) is 2.61. The van der Waals surface area contributed by atoms with E-state index in [1.165, 1.54) is 0 Å². The molecule has 0 bridgehead atoms. The van der Waals surface area contributed by atoms with Gasteiger partial charge in [-0.15, -0.1) is 0 Å². The van der Waals surface area contributed by atoms with Gasteiger partial charge in [-0.3, -0.25) is 9.59 Å². The molecular weight excluding hydrogens is 232 g/mol. The van der Waals surface area contributed by atoms with Crippen molar-refractivity contribution in [2.24, 2.45) is 11.8 Å². The van der Waals surface area contributed by atoms with Gasteiger partial charge in [0.2, 0.25) is 0 Å². The topological polar surface area (TPSA) is 63.6 Å². The average Bonchev–Trinajstić information content (AvgIpc) is 2.77. The number of hydrogen-bond acceptors (Lipinski definition) is 3. The summed E-state index contributed by atoms with van der Waals surface area (Å²) in [6, 6.07) is 0. The standard InChI is InChI=1S/C14H24O4/c1-3-5-10(6-4-2)14(17)18-12-8-7-11(9-12)13(15)16/h10-12H,3-9H2,1-2H3,(H,15,16)/t11-,12+/m0/s1. The Kier molecular flexibility index (Phi) is 6.16. The van der Waals surface area contributed by atoms with Gasteiger partial charge in [-0.25, -0.2) is 0 Å². The molecule has 0 radical (unpaired) electrons. The summed E-state index contributed by atoms with van der Waals surface area (Å²) in [7, 11) is 0. The first kappa shape index (κ1) is 15.0. The number of ether oxygens (including phenoxy) is 1. The number of carboxylic acids is 1. The van der Waals surface area contributed by atoms with Gasteiger partial charge in [0.1, 0.15) is 6.10 Å². The van der Waals surface area contributed by atoms with E-state index in [1.54, 1.807) is 0 Å². The highest BCUT2D eigenvalue weighted by molar-refractivity contribution is 5.73. The van der Waals surface area contributed by atoms with Crippen molar-refractivity contribution < 1.29 is 19.4 Å². The predicted octanol–water partition coefficient (Wildman–Crippen LogP) is 3.00. The molecule has 0 aromatic heterocycles. The van der Waals surface area contributed by atoms with Crippen molar-refractivity contribution in [3.63, 3.8) is 0 Å². The van der Waals surface area contributed by atoms with Gasteiger partial charge in [-0.1, -0.05) is 26.7 Å². The number of rotatable bonds is 7. The van der Waals surface area contributed by atoms with Crippen LogP contribution in [-0.2, 0) is 14.3 Å². The van der Waals surface area contributed by atoms with Crippen molar-refractivity contribution in [1.29, 1.82) is 0 Å². The van der Waals surface area contributed by atoms with Gasteiger partial charge in [0.25, 0.3) is 0 Å². The van der Waals surface area contributed by atoms with E-state index in [4.69, 9.17) is 9.84 Å². The van der Waals surface area contributed by atoms with Crippen LogP contribution in [0.25, 0.3) is 0 Å². The van der Waals surface area contributed by atoms with Crippen LogP contribution >= 0.6 is 0 Å². The molecule has 0 aliphatic heterocycles. The molecule has 1 aliphatic carbocycles. The lowest BCUT2D eigenvalue weighted by Crippen LogP contribution is -2.23. The van der Waals surface area contributed by atoms with Crippen LogP contribution in [0.15, 0.2) is 0 Å². The number of carbonyl (C=O) groups is 2. The Morgan fingerprint density at radius 3 is 2.28 bits per heavy atom. The van der Waals surface area contributed by atoms with Gasteiger partial charge in [-0.05, 0) is 32.1 Å². The summed E-state index contributed by atoms with van der Waals surface area (Å²) in [6.45, 7) is 4.12. The first-order valence-corrected chi connectivity index (χ1v) is 7.01. The molecule has 0 heterocycles. The lowest BCUT2D eigenvalue weighted by molar-refractivity contribution is -0.155. The van der Waals surface area contributed by atoms with Crippen LogP contribution in [0.2, 0.25) is 0 Å². The zero-order chi connectivity index (χ0) is 13.5. The van der Waals surface area contributed by atoms with Gasteiger partial charge in [0.05, 0.1) is 11.8 Å². The third-order valence-electron chi connectivity index (χ3n) is 3.62. The molecule has 0 aromatic rings. The molecule has 0 aromatic carbocycles. The molecule has 0 spiro atoms. The molecule has 104 valence electrons. The summed E-state index contributed by atoms with van der Waals surface area (Å²) in [5.41, 5.74) is 0. The molecule has 4 heteroatoms. The van der Waals surface area contributed by atoms with Crippen LogP contribution in [0, 0.1) is 11.8 Å². The van der Waals surface area contributed by atoms with Gasteiger partial charge in [-0.2, -0.15) is 0 Å². The molecule has 1 N–H and O–H groups in total. The summed E-state index contributed by atoms with van der Waals surface area (Å²) < 4.78 is 5.46. The first-order chi connectivity index (χ1) is 8.58. The molecule has 1 aliphatic rings. The zero-order valence-corrected chi connectivity index (χ0v) is 11.4. The van der Waals surface area contributed by atoms with E-state index in [0.29, 0.717) is 19.3 Å². The molecule has 2 atom stereocenters. The minimum Gasteiger partial charge on any atom is -0.481 e. The molecule has 1 fully saturated rings. The van der Waals surface area contributed by atoms with Crippen LogP contribution < -0.4 is 0 Å². The smallest absolute Gasteiger partial charge is 0.309 e. The first-order valence-electron chi connectivity index (χ1n) is 7.01. The maximum Gasteiger partial charge on any atom is 0.309 e. The van der Waals surface area contributed by atoms with E-state index in [2.05, 4.69) is 13.8 Å². The minimum atomic E-state index is -0.771. The summed E-state index contributed by atoms with van der Waals surface area (Å²) >= 11 is 0. The monoisotopic (exact) mass is 256 g/mol. The average molecular weight is 256 g/mol. The Bertz CT molecular complexity index is 282. The summed E-state index contributed by atoms with van der Waals surface area (Å²) in [4.78, 5) is 22.8. The lowest BCUT2D eigenvalue weighted by atomic mass is 9.98. The van der Waals surface area contributed by atoms with E-state index in [-0.39, 0.29) is 23.9 Å². The molecule has 1 rings (SSSR count). The Morgan fingerprint density at radius 1 is 1.22 bits per heavy atom. The summed E-state index contributed by atoms with van der Waals surface area (Å²) in [6.07, 6.45) is 5.28. The van der Waals surface area contributed by atoms with Crippen LogP contribution in [0.4, 0.5) is 0 Å². The molecule has 0 saturated heterocycles. The molecule has 4 nitrogen and oxygen atoms in total. The summed E-state index contributed by atoms with van der Waals surface area (Å²) in [5, 5.41) is 8.90. The fraction of sp³-hybridized carbons (Fsp3) is 0.857. The van der Waals surface area contributed by atoms with Crippen LogP contribution in [0.3, 0.4) is 0 Å². The molecule has 1 saturated carbocycles. The SMILES string of the molecule is CCCC(CCC)C(=O)O[C@@H]1CC[C@H](C(=O)O)C1. The molecule has 0 unspecified atom stereocenters. The predicted molar refractivity (Wildman–Crippen MR) is 68.2 cm³/mol. The summed E-state index contributed by atoms with van der Waals surface area (Å²) in [5.74, 6) is -1.25. The van der Waals surface area contributed by atoms with Gasteiger partial charge < -0.3 is 9.84 Å². The lowest BCUT2D eigenvalue weighted by Gasteiger charge is -2.18. The van der Waals surface area contributed by atoms with E-state index >= 15 is 0 Å². The minimum absolute atomic E-state index is 0.0103. The van der Waals surface area contributed by atoms with E-state index < -0.39 is 5.97 Å². The van der Waals surface area contributed by atoms with Crippen LogP contribution in [0.1, 0.15) is 58.8 Å². The van der Waals surface area contributed by atoms with Crippen molar-refractivity contribution in [3.8, 4) is 0 Å². The van der Waals surface area contributed by atoms with E-state index in [9.17, 15) is 9.59 Å². The molecule has 18 heavy (non-hydrogen) atoms. The van der Waals surface area contributed by atoms with Gasteiger partial charge >= 0.3 is 11.9 Å². The zero-order valence-electron chi connectivity index (χ0n) is 11.4. The number of carbonyl (C=O) groups excluding carboxylic acids is 1. The second-order valence-electron chi connectivity index (χ2n) is 5.18. The third-order valence-corrected chi connectivity index (χ3v) is 3.62. The Labute approximate surface area is 109 Å². The Balaban J connectivity index is 2.41. The third kappa shape index (κ3) is 4.31. The van der Waals surface area contributed by atoms with Crippen LogP contribution in [0.5, 0.6) is 0 Å². The van der Waals surface area contributed by atoms with Crippen LogP contribution in [-0.4, -0.2) is 23.1 Å². The van der Waals surface area contributed by atoms with Crippen molar-refractivity contribution in [2.75, 3.05) is 0 Å². The largest absolute Gasteiger partial charge is 0.481 e. The fourth-order valence-corrected chi connectivity index (χ4v) is 2.61. The normalized spacial score (nSPS) is 23.3. The second-order valence-corrected chi connectivity index (χ2v) is 5.18. The van der Waals surface area contributed by atoms with Gasteiger partial charge in [0.15, 0.2) is 0 Å². The number of carboxylic acid groups (broad SMARTS) is 1. The van der Waals surface area contributed by atoms with Gasteiger partial charge in [0, 0.05) is 0 Å². The van der Waals surface area contributed by atoms with E-state index in [0.717, 1.165) is 25.7 Å².